The van der Waals surface area contributed by atoms with Crippen molar-refractivity contribution in [3.8, 4) is 0 Å². The molecule has 0 heterocycles. The van der Waals surface area contributed by atoms with E-state index in [0.29, 0.717) is 6.54 Å². The van der Waals surface area contributed by atoms with E-state index in [1.807, 2.05) is 0 Å². The number of halogens is 2. The summed E-state index contributed by atoms with van der Waals surface area (Å²) in [7, 11) is 1.60. The van der Waals surface area contributed by atoms with Gasteiger partial charge in [-0.05, 0) is 18.9 Å². The molecular formula is C10H17F2NO. The van der Waals surface area contributed by atoms with Crippen molar-refractivity contribution in [1.82, 2.24) is 4.90 Å². The van der Waals surface area contributed by atoms with Crippen LogP contribution in [-0.2, 0) is 4.79 Å². The number of hydrogen-bond acceptors (Lipinski definition) is 1. The first-order chi connectivity index (χ1) is 6.27. The van der Waals surface area contributed by atoms with Gasteiger partial charge in [0.15, 0.2) is 0 Å². The first-order valence-electron chi connectivity index (χ1n) is 4.53. The molecule has 2 nitrogen and oxygen atoms in total. The monoisotopic (exact) mass is 205 g/mol. The van der Waals surface area contributed by atoms with Crippen molar-refractivity contribution in [2.45, 2.75) is 32.6 Å². The molecule has 0 fully saturated rings. The minimum Gasteiger partial charge on any atom is -0.346 e. The average molecular weight is 205 g/mol. The number of rotatable bonds is 5. The van der Waals surface area contributed by atoms with Gasteiger partial charge in [-0.25, -0.2) is 8.78 Å². The zero-order valence-electron chi connectivity index (χ0n) is 8.94. The van der Waals surface area contributed by atoms with Crippen LogP contribution < -0.4 is 0 Å². The second-order valence-electron chi connectivity index (χ2n) is 3.53. The van der Waals surface area contributed by atoms with E-state index in [0.717, 1.165) is 0 Å². The first kappa shape index (κ1) is 13.1. The Labute approximate surface area is 83.6 Å². The predicted molar refractivity (Wildman–Crippen MR) is 52.3 cm³/mol. The van der Waals surface area contributed by atoms with Crippen molar-refractivity contribution in [2.75, 3.05) is 13.6 Å². The molecule has 0 spiro atoms. The number of hydrogen-bond donors (Lipinski definition) is 0. The second kappa shape index (κ2) is 5.08. The number of carbonyl (C=O) groups is 1. The third-order valence-corrected chi connectivity index (χ3v) is 2.15. The topological polar surface area (TPSA) is 20.3 Å². The highest BCUT2D eigenvalue weighted by atomic mass is 19.3. The van der Waals surface area contributed by atoms with Crippen LogP contribution in [0.25, 0.3) is 0 Å². The predicted octanol–water partition coefficient (Wildman–Crippen LogP) is 2.46. The van der Waals surface area contributed by atoms with E-state index in [4.69, 9.17) is 0 Å². The van der Waals surface area contributed by atoms with Gasteiger partial charge in [0.1, 0.15) is 0 Å². The van der Waals surface area contributed by atoms with Gasteiger partial charge in [-0.15, -0.1) is 0 Å². The Morgan fingerprint density at radius 3 is 2.29 bits per heavy atom. The van der Waals surface area contributed by atoms with E-state index in [2.05, 4.69) is 6.58 Å². The zero-order chi connectivity index (χ0) is 11.4. The van der Waals surface area contributed by atoms with Gasteiger partial charge in [-0.3, -0.25) is 4.79 Å². The molecule has 0 saturated heterocycles. The lowest BCUT2D eigenvalue weighted by Gasteiger charge is -2.19. The van der Waals surface area contributed by atoms with Crippen LogP contribution in [0.4, 0.5) is 8.78 Å². The van der Waals surface area contributed by atoms with Crippen molar-refractivity contribution < 1.29 is 13.6 Å². The number of carbonyl (C=O) groups excluding carboxylic acids is 1. The summed E-state index contributed by atoms with van der Waals surface area (Å²) in [4.78, 5) is 12.2. The van der Waals surface area contributed by atoms with Crippen molar-refractivity contribution in [3.05, 3.63) is 12.2 Å². The summed E-state index contributed by atoms with van der Waals surface area (Å²) < 4.78 is 26.0. The van der Waals surface area contributed by atoms with Crippen molar-refractivity contribution >= 4 is 5.91 Å². The van der Waals surface area contributed by atoms with Crippen LogP contribution in [0.1, 0.15) is 26.7 Å². The van der Waals surface area contributed by atoms with Crippen LogP contribution >= 0.6 is 0 Å². The number of nitrogens with zero attached hydrogens (tertiary/aromatic N) is 1. The third-order valence-electron chi connectivity index (χ3n) is 2.15. The fourth-order valence-corrected chi connectivity index (χ4v) is 0.909. The maximum Gasteiger partial charge on any atom is 0.268 e. The molecule has 0 radical (unpaired) electrons. The summed E-state index contributed by atoms with van der Waals surface area (Å²) in [6.07, 6.45) is 0.0376. The second-order valence-corrected chi connectivity index (χ2v) is 3.53. The highest BCUT2D eigenvalue weighted by Gasteiger charge is 2.29. The minimum absolute atomic E-state index is 0.108. The van der Waals surface area contributed by atoms with Crippen LogP contribution in [-0.4, -0.2) is 30.3 Å². The van der Waals surface area contributed by atoms with Gasteiger partial charge in [0, 0.05) is 26.9 Å². The average Bonchev–Trinajstić information content (AvgIpc) is 2.03. The largest absolute Gasteiger partial charge is 0.346 e. The Bertz CT molecular complexity index is 226. The number of amides is 1. The Morgan fingerprint density at radius 1 is 1.43 bits per heavy atom. The van der Waals surface area contributed by atoms with Crippen LogP contribution in [0.2, 0.25) is 0 Å². The molecule has 0 aliphatic carbocycles. The van der Waals surface area contributed by atoms with E-state index in [1.54, 1.807) is 7.05 Å². The van der Waals surface area contributed by atoms with Crippen LogP contribution in [0, 0.1) is 0 Å². The molecule has 14 heavy (non-hydrogen) atoms. The quantitative estimate of drug-likeness (QED) is 0.631. The Balaban J connectivity index is 3.85. The lowest BCUT2D eigenvalue weighted by atomic mass is 10.1. The summed E-state index contributed by atoms with van der Waals surface area (Å²) in [5.41, 5.74) is -0.122. The zero-order valence-corrected chi connectivity index (χ0v) is 8.94. The van der Waals surface area contributed by atoms with Gasteiger partial charge in [0.2, 0.25) is 5.91 Å². The van der Waals surface area contributed by atoms with Gasteiger partial charge in [-0.2, -0.15) is 0 Å². The van der Waals surface area contributed by atoms with Gasteiger partial charge in [-0.1, -0.05) is 6.58 Å². The first-order valence-corrected chi connectivity index (χ1v) is 4.53. The van der Waals surface area contributed by atoms with Gasteiger partial charge >= 0.3 is 0 Å². The molecule has 0 aromatic carbocycles. The highest BCUT2D eigenvalue weighted by Crippen LogP contribution is 2.27. The van der Waals surface area contributed by atoms with Crippen molar-refractivity contribution in [2.24, 2.45) is 0 Å². The van der Waals surface area contributed by atoms with Gasteiger partial charge in [0.25, 0.3) is 5.92 Å². The summed E-state index contributed by atoms with van der Waals surface area (Å²) in [5, 5.41) is 0. The molecule has 0 aliphatic rings. The van der Waals surface area contributed by atoms with E-state index in [-0.39, 0.29) is 24.3 Å². The fourth-order valence-electron chi connectivity index (χ4n) is 0.909. The Morgan fingerprint density at radius 2 is 1.93 bits per heavy atom. The molecular weight excluding hydrogens is 188 g/mol. The normalized spacial score (nSPS) is 11.2. The Hall–Kier alpha value is -0.930. The molecule has 0 rings (SSSR count). The van der Waals surface area contributed by atoms with Gasteiger partial charge < -0.3 is 4.90 Å². The fraction of sp³-hybridized carbons (Fsp3) is 0.700. The summed E-state index contributed by atoms with van der Waals surface area (Å²) in [5.74, 6) is -2.92. The molecule has 1 amide bonds. The number of alkyl halides is 2. The molecule has 0 atom stereocenters. The van der Waals surface area contributed by atoms with Crippen LogP contribution in [0.5, 0.6) is 0 Å². The summed E-state index contributed by atoms with van der Waals surface area (Å²) in [6.45, 7) is 6.32. The molecule has 0 unspecified atom stereocenters. The molecule has 0 aliphatic heterocycles. The van der Waals surface area contributed by atoms with E-state index >= 15 is 0 Å². The maximum absolute atomic E-state index is 13.0. The molecule has 0 aromatic heterocycles. The Kier molecular flexibility index (Phi) is 4.74. The molecule has 4 heteroatoms. The lowest BCUT2D eigenvalue weighted by molar-refractivity contribution is -0.127. The lowest BCUT2D eigenvalue weighted by Crippen LogP contribution is -2.27. The van der Waals surface area contributed by atoms with Crippen molar-refractivity contribution in [3.63, 3.8) is 0 Å². The summed E-state index contributed by atoms with van der Waals surface area (Å²) >= 11 is 0. The third kappa shape index (κ3) is 4.35. The van der Waals surface area contributed by atoms with E-state index in [9.17, 15) is 13.6 Å². The van der Waals surface area contributed by atoms with Crippen LogP contribution in [0.15, 0.2) is 12.2 Å². The van der Waals surface area contributed by atoms with E-state index < -0.39 is 5.92 Å². The SMILES string of the molecule is C=C(C)C(F)(F)CCCN(C)C(C)=O. The highest BCUT2D eigenvalue weighted by molar-refractivity contribution is 5.72. The standard InChI is InChI=1S/C10H17F2NO/c1-8(2)10(11,12)6-5-7-13(4)9(3)14/h1,5-7H2,2-4H3. The van der Waals surface area contributed by atoms with Gasteiger partial charge in [0.05, 0.1) is 0 Å². The molecule has 0 aromatic rings. The van der Waals surface area contributed by atoms with Crippen molar-refractivity contribution in [1.29, 1.82) is 0 Å². The molecule has 0 bridgehead atoms. The maximum atomic E-state index is 13.0. The smallest absolute Gasteiger partial charge is 0.268 e. The molecule has 0 saturated carbocycles. The van der Waals surface area contributed by atoms with E-state index in [1.165, 1.54) is 18.7 Å². The summed E-state index contributed by atoms with van der Waals surface area (Å²) in [6, 6.07) is 0. The van der Waals surface area contributed by atoms with Crippen LogP contribution in [0.3, 0.4) is 0 Å². The molecule has 82 valence electrons. The molecule has 0 N–H and O–H groups in total. The minimum atomic E-state index is -2.81. The number of allylic oxidation sites excluding steroid dienone is 1.